The van der Waals surface area contributed by atoms with Crippen LogP contribution in [0, 0.1) is 0 Å². The third-order valence-corrected chi connectivity index (χ3v) is 3.69. The Morgan fingerprint density at radius 3 is 2.14 bits per heavy atom. The number of amides is 1. The number of benzene rings is 2. The Labute approximate surface area is 133 Å². The van der Waals surface area contributed by atoms with Gasteiger partial charge < -0.3 is 16.2 Å². The molecule has 0 radical (unpaired) electrons. The van der Waals surface area contributed by atoms with Crippen molar-refractivity contribution in [2.45, 2.75) is 0 Å². The standard InChI is InChI=1S/C14H10BrClN2O3/c15-11-5-7(1-3-9(11)13(17)19)18-8-2-4-10(14(20)21)12(16)6-8/h1-6,18H,(H2,17,19)(H,20,21). The van der Waals surface area contributed by atoms with Crippen molar-refractivity contribution in [1.82, 2.24) is 0 Å². The Balaban J connectivity index is 2.26. The van der Waals surface area contributed by atoms with Crippen LogP contribution in [0.3, 0.4) is 0 Å². The van der Waals surface area contributed by atoms with E-state index in [1.165, 1.54) is 12.1 Å². The molecule has 5 nitrogen and oxygen atoms in total. The number of nitrogens with two attached hydrogens (primary N) is 1. The van der Waals surface area contributed by atoms with Crippen LogP contribution < -0.4 is 11.1 Å². The predicted molar refractivity (Wildman–Crippen MR) is 84.4 cm³/mol. The van der Waals surface area contributed by atoms with Crippen molar-refractivity contribution in [3.05, 3.63) is 57.0 Å². The molecule has 0 spiro atoms. The van der Waals surface area contributed by atoms with Gasteiger partial charge in [-0.3, -0.25) is 4.79 Å². The Morgan fingerprint density at radius 2 is 1.67 bits per heavy atom. The topological polar surface area (TPSA) is 92.4 Å². The lowest BCUT2D eigenvalue weighted by Crippen LogP contribution is -2.11. The molecule has 7 heteroatoms. The van der Waals surface area contributed by atoms with Gasteiger partial charge in [-0.05, 0) is 52.3 Å². The molecular formula is C14H10BrClN2O3. The van der Waals surface area contributed by atoms with Gasteiger partial charge in [-0.1, -0.05) is 11.6 Å². The summed E-state index contributed by atoms with van der Waals surface area (Å²) in [7, 11) is 0. The molecule has 2 aromatic rings. The number of primary amides is 1. The monoisotopic (exact) mass is 368 g/mol. The molecule has 0 bridgehead atoms. The van der Waals surface area contributed by atoms with Crippen LogP contribution >= 0.6 is 27.5 Å². The maximum absolute atomic E-state index is 11.1. The van der Waals surface area contributed by atoms with E-state index < -0.39 is 11.9 Å². The molecule has 108 valence electrons. The van der Waals surface area contributed by atoms with E-state index >= 15 is 0 Å². The molecule has 0 atom stereocenters. The zero-order chi connectivity index (χ0) is 15.6. The van der Waals surface area contributed by atoms with Crippen LogP contribution in [-0.2, 0) is 0 Å². The van der Waals surface area contributed by atoms with Gasteiger partial charge in [0.15, 0.2) is 0 Å². The Hall–Kier alpha value is -2.05. The fourth-order valence-electron chi connectivity index (χ4n) is 1.73. The van der Waals surface area contributed by atoms with E-state index in [1.807, 2.05) is 0 Å². The number of carbonyl (C=O) groups is 2. The van der Waals surface area contributed by atoms with Crippen molar-refractivity contribution in [1.29, 1.82) is 0 Å². The first-order valence-electron chi connectivity index (χ1n) is 5.77. The molecule has 21 heavy (non-hydrogen) atoms. The number of halogens is 2. The van der Waals surface area contributed by atoms with E-state index in [1.54, 1.807) is 24.3 Å². The van der Waals surface area contributed by atoms with Crippen molar-refractivity contribution < 1.29 is 14.7 Å². The third kappa shape index (κ3) is 3.53. The highest BCUT2D eigenvalue weighted by Gasteiger charge is 2.10. The van der Waals surface area contributed by atoms with Crippen molar-refractivity contribution in [3.63, 3.8) is 0 Å². The molecule has 0 heterocycles. The summed E-state index contributed by atoms with van der Waals surface area (Å²) in [6, 6.07) is 9.50. The highest BCUT2D eigenvalue weighted by Crippen LogP contribution is 2.26. The number of nitrogens with one attached hydrogen (secondary N) is 1. The van der Waals surface area contributed by atoms with Crippen molar-refractivity contribution in [2.24, 2.45) is 5.73 Å². The van der Waals surface area contributed by atoms with E-state index in [9.17, 15) is 9.59 Å². The average Bonchev–Trinajstić information content (AvgIpc) is 2.37. The fraction of sp³-hybridized carbons (Fsp3) is 0. The van der Waals surface area contributed by atoms with Gasteiger partial charge in [0.2, 0.25) is 5.91 Å². The van der Waals surface area contributed by atoms with Crippen LogP contribution in [0.15, 0.2) is 40.9 Å². The minimum atomic E-state index is -1.08. The summed E-state index contributed by atoms with van der Waals surface area (Å²) < 4.78 is 0.563. The quantitative estimate of drug-likeness (QED) is 0.767. The molecule has 1 amide bonds. The highest BCUT2D eigenvalue weighted by molar-refractivity contribution is 9.10. The van der Waals surface area contributed by atoms with E-state index in [4.69, 9.17) is 22.4 Å². The Bertz CT molecular complexity index is 673. The van der Waals surface area contributed by atoms with Gasteiger partial charge in [0.25, 0.3) is 0 Å². The normalized spacial score (nSPS) is 10.2. The summed E-state index contributed by atoms with van der Waals surface area (Å²) in [5.41, 5.74) is 6.96. The lowest BCUT2D eigenvalue weighted by molar-refractivity contribution is 0.0697. The summed E-state index contributed by atoms with van der Waals surface area (Å²) in [5.74, 6) is -1.61. The summed E-state index contributed by atoms with van der Waals surface area (Å²) in [4.78, 5) is 22.0. The van der Waals surface area contributed by atoms with Gasteiger partial charge in [-0.25, -0.2) is 4.79 Å². The third-order valence-electron chi connectivity index (χ3n) is 2.72. The molecule has 2 rings (SSSR count). The molecule has 0 aliphatic carbocycles. The fourth-order valence-corrected chi connectivity index (χ4v) is 2.56. The first-order chi connectivity index (χ1) is 9.88. The van der Waals surface area contributed by atoms with Gasteiger partial charge in [0.05, 0.1) is 16.1 Å². The second-order valence-electron chi connectivity index (χ2n) is 4.18. The van der Waals surface area contributed by atoms with Gasteiger partial charge in [0.1, 0.15) is 0 Å². The number of carboxylic acid groups (broad SMARTS) is 1. The van der Waals surface area contributed by atoms with Crippen molar-refractivity contribution in [3.8, 4) is 0 Å². The summed E-state index contributed by atoms with van der Waals surface area (Å²) in [6.07, 6.45) is 0. The average molecular weight is 370 g/mol. The number of carbonyl (C=O) groups excluding carboxylic acids is 1. The molecule has 4 N–H and O–H groups in total. The second-order valence-corrected chi connectivity index (χ2v) is 5.45. The lowest BCUT2D eigenvalue weighted by Gasteiger charge is -2.09. The van der Waals surface area contributed by atoms with E-state index in [2.05, 4.69) is 21.2 Å². The number of hydrogen-bond donors (Lipinski definition) is 3. The SMILES string of the molecule is NC(=O)c1ccc(Nc2ccc(C(=O)O)c(Cl)c2)cc1Br. The van der Waals surface area contributed by atoms with Gasteiger partial charge in [-0.15, -0.1) is 0 Å². The molecule has 0 saturated heterocycles. The Morgan fingerprint density at radius 1 is 1.10 bits per heavy atom. The minimum absolute atomic E-state index is 0.0347. The summed E-state index contributed by atoms with van der Waals surface area (Å²) in [5, 5.41) is 12.1. The van der Waals surface area contributed by atoms with Crippen LogP contribution in [-0.4, -0.2) is 17.0 Å². The first kappa shape index (κ1) is 15.3. The summed E-state index contributed by atoms with van der Waals surface area (Å²) >= 11 is 9.16. The maximum atomic E-state index is 11.1. The highest BCUT2D eigenvalue weighted by atomic mass is 79.9. The van der Waals surface area contributed by atoms with Crippen molar-refractivity contribution in [2.75, 3.05) is 5.32 Å². The predicted octanol–water partition coefficient (Wildman–Crippen LogP) is 3.64. The summed E-state index contributed by atoms with van der Waals surface area (Å²) in [6.45, 7) is 0. The van der Waals surface area contributed by atoms with Crippen LogP contribution in [0.25, 0.3) is 0 Å². The molecule has 0 aromatic heterocycles. The second kappa shape index (κ2) is 6.15. The van der Waals surface area contributed by atoms with Gasteiger partial charge in [0, 0.05) is 15.8 Å². The van der Waals surface area contributed by atoms with Crippen LogP contribution in [0.1, 0.15) is 20.7 Å². The molecule has 0 aliphatic rings. The van der Waals surface area contributed by atoms with Gasteiger partial charge in [-0.2, -0.15) is 0 Å². The molecule has 2 aromatic carbocycles. The first-order valence-corrected chi connectivity index (χ1v) is 6.95. The Kier molecular flexibility index (Phi) is 4.50. The van der Waals surface area contributed by atoms with Crippen molar-refractivity contribution >= 4 is 50.8 Å². The number of aromatic carboxylic acids is 1. The molecular weight excluding hydrogens is 360 g/mol. The maximum Gasteiger partial charge on any atom is 0.337 e. The van der Waals surface area contributed by atoms with E-state index in [0.717, 1.165) is 0 Å². The molecule has 0 fully saturated rings. The molecule has 0 unspecified atom stereocenters. The van der Waals surface area contributed by atoms with Crippen LogP contribution in [0.4, 0.5) is 11.4 Å². The zero-order valence-electron chi connectivity index (χ0n) is 10.6. The number of hydrogen-bond acceptors (Lipinski definition) is 3. The smallest absolute Gasteiger partial charge is 0.337 e. The molecule has 0 saturated carbocycles. The van der Waals surface area contributed by atoms with Gasteiger partial charge >= 0.3 is 5.97 Å². The van der Waals surface area contributed by atoms with Crippen LogP contribution in [0.5, 0.6) is 0 Å². The zero-order valence-corrected chi connectivity index (χ0v) is 12.9. The number of rotatable bonds is 4. The van der Waals surface area contributed by atoms with E-state index in [0.29, 0.717) is 21.4 Å². The number of anilines is 2. The van der Waals surface area contributed by atoms with E-state index in [-0.39, 0.29) is 10.6 Å². The molecule has 0 aliphatic heterocycles. The number of carboxylic acids is 1. The minimum Gasteiger partial charge on any atom is -0.478 e. The van der Waals surface area contributed by atoms with Crippen LogP contribution in [0.2, 0.25) is 5.02 Å². The largest absolute Gasteiger partial charge is 0.478 e. The lowest BCUT2D eigenvalue weighted by atomic mass is 10.1.